The van der Waals surface area contributed by atoms with Gasteiger partial charge in [0.15, 0.2) is 0 Å². The van der Waals surface area contributed by atoms with E-state index in [-0.39, 0.29) is 11.5 Å². The maximum Gasteiger partial charge on any atom is 0.251 e. The van der Waals surface area contributed by atoms with Crippen LogP contribution in [0.25, 0.3) is 0 Å². The molecule has 0 unspecified atom stereocenters. The molecule has 18 heavy (non-hydrogen) atoms. The Balaban J connectivity index is 2.73. The fraction of sp³-hybridized carbons (Fsp3) is 0.500. The van der Waals surface area contributed by atoms with Crippen molar-refractivity contribution in [3.63, 3.8) is 0 Å². The molecule has 4 heteroatoms. The highest BCUT2D eigenvalue weighted by atomic mass is 16.5. The van der Waals surface area contributed by atoms with E-state index < -0.39 is 0 Å². The van der Waals surface area contributed by atoms with E-state index in [1.54, 1.807) is 7.11 Å². The summed E-state index contributed by atoms with van der Waals surface area (Å²) in [5.74, 6) is -0.0692. The zero-order valence-electron chi connectivity index (χ0n) is 11.8. The number of aryl methyl sites for hydroxylation is 1. The number of ether oxygens (including phenoxy) is 1. The van der Waals surface area contributed by atoms with Crippen LogP contribution in [0.1, 0.15) is 29.8 Å². The number of anilines is 1. The van der Waals surface area contributed by atoms with E-state index in [2.05, 4.69) is 10.6 Å². The van der Waals surface area contributed by atoms with E-state index in [1.165, 1.54) is 0 Å². The third-order valence-corrected chi connectivity index (χ3v) is 2.99. The van der Waals surface area contributed by atoms with Crippen molar-refractivity contribution in [2.75, 3.05) is 26.0 Å². The molecule has 0 spiro atoms. The SMILES string of the molecule is CNc1ccc(C(=O)NCC(C)(C)OC)c(C)c1. The highest BCUT2D eigenvalue weighted by molar-refractivity contribution is 5.96. The predicted molar refractivity (Wildman–Crippen MR) is 74.1 cm³/mol. The van der Waals surface area contributed by atoms with Crippen molar-refractivity contribution in [2.45, 2.75) is 26.4 Å². The predicted octanol–water partition coefficient (Wildman–Crippen LogP) is 2.19. The van der Waals surface area contributed by atoms with Gasteiger partial charge < -0.3 is 15.4 Å². The average molecular weight is 250 g/mol. The Bertz CT molecular complexity index is 428. The second-order valence-electron chi connectivity index (χ2n) is 4.93. The van der Waals surface area contributed by atoms with E-state index in [0.717, 1.165) is 11.3 Å². The number of nitrogens with one attached hydrogen (secondary N) is 2. The van der Waals surface area contributed by atoms with Crippen LogP contribution in [0.3, 0.4) is 0 Å². The van der Waals surface area contributed by atoms with E-state index >= 15 is 0 Å². The molecule has 1 amide bonds. The van der Waals surface area contributed by atoms with E-state index in [0.29, 0.717) is 12.1 Å². The molecule has 1 rings (SSSR count). The standard InChI is InChI=1S/C14H22N2O2/c1-10-8-11(15-4)6-7-12(10)13(17)16-9-14(2,3)18-5/h6-8,15H,9H2,1-5H3,(H,16,17). The van der Waals surface area contributed by atoms with Gasteiger partial charge in [0.1, 0.15) is 0 Å². The van der Waals surface area contributed by atoms with Gasteiger partial charge in [-0.15, -0.1) is 0 Å². The summed E-state index contributed by atoms with van der Waals surface area (Å²) in [4.78, 5) is 12.0. The summed E-state index contributed by atoms with van der Waals surface area (Å²) >= 11 is 0. The van der Waals surface area contributed by atoms with Crippen molar-refractivity contribution in [1.29, 1.82) is 0 Å². The third kappa shape index (κ3) is 3.74. The minimum atomic E-state index is -0.353. The number of rotatable bonds is 5. The smallest absolute Gasteiger partial charge is 0.251 e. The van der Waals surface area contributed by atoms with Crippen LogP contribution in [-0.4, -0.2) is 32.2 Å². The zero-order valence-corrected chi connectivity index (χ0v) is 11.8. The lowest BCUT2D eigenvalue weighted by Gasteiger charge is -2.23. The van der Waals surface area contributed by atoms with Crippen LogP contribution in [0.5, 0.6) is 0 Å². The van der Waals surface area contributed by atoms with Crippen molar-refractivity contribution < 1.29 is 9.53 Å². The molecule has 0 aliphatic carbocycles. The third-order valence-electron chi connectivity index (χ3n) is 2.99. The Kier molecular flexibility index (Phi) is 4.73. The fourth-order valence-corrected chi connectivity index (χ4v) is 1.53. The first-order valence-electron chi connectivity index (χ1n) is 6.01. The van der Waals surface area contributed by atoms with Crippen molar-refractivity contribution in [2.24, 2.45) is 0 Å². The van der Waals surface area contributed by atoms with Crippen LogP contribution in [-0.2, 0) is 4.74 Å². The second kappa shape index (κ2) is 5.87. The van der Waals surface area contributed by atoms with Gasteiger partial charge in [-0.05, 0) is 44.5 Å². The zero-order chi connectivity index (χ0) is 13.8. The van der Waals surface area contributed by atoms with Crippen LogP contribution in [0.2, 0.25) is 0 Å². The maximum absolute atomic E-state index is 12.0. The summed E-state index contributed by atoms with van der Waals surface area (Å²) in [6, 6.07) is 5.68. The normalized spacial score (nSPS) is 11.2. The van der Waals surface area contributed by atoms with Crippen molar-refractivity contribution in [1.82, 2.24) is 5.32 Å². The number of benzene rings is 1. The molecule has 0 saturated carbocycles. The molecular formula is C14H22N2O2. The lowest BCUT2D eigenvalue weighted by Crippen LogP contribution is -2.39. The van der Waals surface area contributed by atoms with Gasteiger partial charge in [-0.25, -0.2) is 0 Å². The Morgan fingerprint density at radius 3 is 2.56 bits per heavy atom. The molecule has 2 N–H and O–H groups in total. The molecule has 1 aromatic carbocycles. The van der Waals surface area contributed by atoms with Crippen molar-refractivity contribution in [3.05, 3.63) is 29.3 Å². The molecule has 1 aromatic rings. The van der Waals surface area contributed by atoms with Gasteiger partial charge in [0.05, 0.1) is 5.60 Å². The second-order valence-corrected chi connectivity index (χ2v) is 4.93. The molecule has 0 aliphatic heterocycles. The van der Waals surface area contributed by atoms with Crippen molar-refractivity contribution in [3.8, 4) is 0 Å². The molecule has 0 saturated heterocycles. The molecule has 0 atom stereocenters. The van der Waals surface area contributed by atoms with Crippen LogP contribution in [0, 0.1) is 6.92 Å². The summed E-state index contributed by atoms with van der Waals surface area (Å²) in [7, 11) is 3.49. The van der Waals surface area contributed by atoms with Crippen molar-refractivity contribution >= 4 is 11.6 Å². The number of hydrogen-bond acceptors (Lipinski definition) is 3. The molecule has 0 aliphatic rings. The highest BCUT2D eigenvalue weighted by Gasteiger charge is 2.18. The van der Waals surface area contributed by atoms with E-state index in [1.807, 2.05) is 46.0 Å². The summed E-state index contributed by atoms with van der Waals surface area (Å²) in [6.07, 6.45) is 0. The number of amides is 1. The number of carbonyl (C=O) groups is 1. The Labute approximate surface area is 109 Å². The summed E-state index contributed by atoms with van der Waals surface area (Å²) in [5.41, 5.74) is 2.30. The summed E-state index contributed by atoms with van der Waals surface area (Å²) in [6.45, 7) is 6.28. The van der Waals surface area contributed by atoms with Crippen LogP contribution in [0.15, 0.2) is 18.2 Å². The van der Waals surface area contributed by atoms with E-state index in [4.69, 9.17) is 4.74 Å². The van der Waals surface area contributed by atoms with Gasteiger partial charge >= 0.3 is 0 Å². The van der Waals surface area contributed by atoms with Gasteiger partial charge in [-0.3, -0.25) is 4.79 Å². The van der Waals surface area contributed by atoms with Gasteiger partial charge in [-0.2, -0.15) is 0 Å². The minimum absolute atomic E-state index is 0.0692. The first-order chi connectivity index (χ1) is 8.39. The topological polar surface area (TPSA) is 50.4 Å². The molecule has 0 radical (unpaired) electrons. The molecule has 4 nitrogen and oxygen atoms in total. The summed E-state index contributed by atoms with van der Waals surface area (Å²) < 4.78 is 5.27. The first kappa shape index (κ1) is 14.5. The first-order valence-corrected chi connectivity index (χ1v) is 6.01. The highest BCUT2D eigenvalue weighted by Crippen LogP contribution is 2.15. The molecule has 0 bridgehead atoms. The number of carbonyl (C=O) groups excluding carboxylic acids is 1. The lowest BCUT2D eigenvalue weighted by molar-refractivity contribution is 0.0228. The number of hydrogen-bond donors (Lipinski definition) is 2. The molecule has 0 heterocycles. The van der Waals surface area contributed by atoms with Crippen LogP contribution < -0.4 is 10.6 Å². The van der Waals surface area contributed by atoms with E-state index in [9.17, 15) is 4.79 Å². The average Bonchev–Trinajstić information content (AvgIpc) is 2.36. The van der Waals surface area contributed by atoms with Gasteiger partial charge in [0.25, 0.3) is 5.91 Å². The quantitative estimate of drug-likeness (QED) is 0.842. The maximum atomic E-state index is 12.0. The fourth-order valence-electron chi connectivity index (χ4n) is 1.53. The van der Waals surface area contributed by atoms with Gasteiger partial charge in [-0.1, -0.05) is 0 Å². The Morgan fingerprint density at radius 2 is 2.06 bits per heavy atom. The molecular weight excluding hydrogens is 228 g/mol. The van der Waals surface area contributed by atoms with Gasteiger partial charge in [0.2, 0.25) is 0 Å². The lowest BCUT2D eigenvalue weighted by atomic mass is 10.1. The van der Waals surface area contributed by atoms with Crippen LogP contribution >= 0.6 is 0 Å². The molecule has 0 aromatic heterocycles. The monoisotopic (exact) mass is 250 g/mol. The largest absolute Gasteiger partial charge is 0.388 e. The van der Waals surface area contributed by atoms with Gasteiger partial charge in [0, 0.05) is 32.0 Å². The number of methoxy groups -OCH3 is 1. The molecule has 100 valence electrons. The molecule has 0 fully saturated rings. The summed E-state index contributed by atoms with van der Waals surface area (Å²) in [5, 5.41) is 5.93. The van der Waals surface area contributed by atoms with Crippen LogP contribution in [0.4, 0.5) is 5.69 Å². The minimum Gasteiger partial charge on any atom is -0.388 e. The Hall–Kier alpha value is -1.55. The Morgan fingerprint density at radius 1 is 1.39 bits per heavy atom.